The highest BCUT2D eigenvalue weighted by atomic mass is 35.5. The van der Waals surface area contributed by atoms with E-state index in [0.29, 0.717) is 13.0 Å². The molecule has 0 aliphatic rings. The Bertz CT molecular complexity index is 940. The summed E-state index contributed by atoms with van der Waals surface area (Å²) in [6.07, 6.45) is 0.468. The molecule has 1 amide bonds. The van der Waals surface area contributed by atoms with Gasteiger partial charge in [-0.25, -0.2) is 4.98 Å². The minimum atomic E-state index is 0.110. The van der Waals surface area contributed by atoms with Crippen LogP contribution in [0.3, 0.4) is 0 Å². The zero-order chi connectivity index (χ0) is 20.1. The van der Waals surface area contributed by atoms with Crippen LogP contribution in [0, 0.1) is 6.92 Å². The Labute approximate surface area is 179 Å². The molecule has 7 heteroatoms. The van der Waals surface area contributed by atoms with Gasteiger partial charge in [-0.05, 0) is 63.0 Å². The van der Waals surface area contributed by atoms with Gasteiger partial charge in [-0.2, -0.15) is 0 Å². The molecule has 0 aliphatic heterocycles. The maximum absolute atomic E-state index is 13.0. The Kier molecular flexibility index (Phi) is 7.35. The van der Waals surface area contributed by atoms with Crippen LogP contribution in [0.1, 0.15) is 12.0 Å². The number of thiazole rings is 1. The van der Waals surface area contributed by atoms with Crippen LogP contribution in [0.4, 0.5) is 5.13 Å². The van der Waals surface area contributed by atoms with Crippen molar-refractivity contribution in [2.75, 3.05) is 37.8 Å². The molecule has 3 rings (SSSR count). The molecule has 0 spiro atoms. The summed E-state index contributed by atoms with van der Waals surface area (Å²) in [6.45, 7) is 3.50. The number of amides is 1. The molecule has 28 heavy (non-hydrogen) atoms. The van der Waals surface area contributed by atoms with Crippen molar-refractivity contribution < 1.29 is 4.79 Å². The van der Waals surface area contributed by atoms with Crippen LogP contribution in [0.2, 0.25) is 5.02 Å². The Balaban J connectivity index is 1.70. The van der Waals surface area contributed by atoms with Crippen molar-refractivity contribution in [3.8, 4) is 0 Å². The van der Waals surface area contributed by atoms with E-state index in [0.717, 1.165) is 37.6 Å². The molecule has 0 fully saturated rings. The van der Waals surface area contributed by atoms with Crippen molar-refractivity contribution in [3.05, 3.63) is 53.1 Å². The van der Waals surface area contributed by atoms with Gasteiger partial charge in [0.15, 0.2) is 5.13 Å². The first-order valence-electron chi connectivity index (χ1n) is 9.13. The van der Waals surface area contributed by atoms with Crippen molar-refractivity contribution in [2.45, 2.75) is 18.2 Å². The lowest BCUT2D eigenvalue weighted by atomic mass is 10.2. The molecule has 0 saturated carbocycles. The molecule has 1 aromatic heterocycles. The van der Waals surface area contributed by atoms with Gasteiger partial charge in [-0.3, -0.25) is 9.69 Å². The summed E-state index contributed by atoms with van der Waals surface area (Å²) in [5, 5.41) is 1.50. The lowest BCUT2D eigenvalue weighted by Crippen LogP contribution is -2.36. The maximum atomic E-state index is 13.0. The van der Waals surface area contributed by atoms with Crippen molar-refractivity contribution in [1.82, 2.24) is 9.88 Å². The maximum Gasteiger partial charge on any atom is 0.229 e. The van der Waals surface area contributed by atoms with Crippen molar-refractivity contribution in [3.63, 3.8) is 0 Å². The fourth-order valence-corrected chi connectivity index (χ4v) is 4.76. The third-order valence-electron chi connectivity index (χ3n) is 4.23. The van der Waals surface area contributed by atoms with Gasteiger partial charge < -0.3 is 4.90 Å². The predicted octanol–water partition coefficient (Wildman–Crippen LogP) is 5.34. The van der Waals surface area contributed by atoms with Crippen LogP contribution < -0.4 is 4.90 Å². The number of hydrogen-bond acceptors (Lipinski definition) is 5. The zero-order valence-electron chi connectivity index (χ0n) is 16.3. The highest BCUT2D eigenvalue weighted by molar-refractivity contribution is 7.99. The molecule has 0 radical (unpaired) electrons. The Hall–Kier alpha value is -1.60. The molecule has 0 aliphatic carbocycles. The number of halogens is 1. The van der Waals surface area contributed by atoms with Crippen molar-refractivity contribution >= 4 is 56.0 Å². The monoisotopic (exact) mass is 433 g/mol. The summed E-state index contributed by atoms with van der Waals surface area (Å²) in [5.41, 5.74) is 2.15. The summed E-state index contributed by atoms with van der Waals surface area (Å²) < 4.78 is 1.12. The molecule has 0 bridgehead atoms. The molecule has 0 unspecified atom stereocenters. The number of likely N-dealkylation sites (N-methyl/N-ethyl adjacent to an activating group) is 1. The number of benzene rings is 2. The number of fused-ring (bicyclic) bond motifs is 1. The van der Waals surface area contributed by atoms with Gasteiger partial charge in [0.1, 0.15) is 0 Å². The molecular weight excluding hydrogens is 410 g/mol. The second kappa shape index (κ2) is 9.74. The number of carbonyl (C=O) groups is 1. The number of anilines is 1. The van der Waals surface area contributed by atoms with Crippen LogP contribution in [-0.2, 0) is 4.79 Å². The fraction of sp³-hybridized carbons (Fsp3) is 0.333. The lowest BCUT2D eigenvalue weighted by Gasteiger charge is -2.22. The number of hydrogen-bond donors (Lipinski definition) is 0. The summed E-state index contributed by atoms with van der Waals surface area (Å²) >= 11 is 9.18. The number of rotatable bonds is 8. The Morgan fingerprint density at radius 3 is 2.61 bits per heavy atom. The molecule has 0 atom stereocenters. The lowest BCUT2D eigenvalue weighted by molar-refractivity contribution is -0.118. The van der Waals surface area contributed by atoms with Crippen molar-refractivity contribution in [2.24, 2.45) is 0 Å². The van der Waals surface area contributed by atoms with Crippen LogP contribution in [0.15, 0.2) is 47.4 Å². The minimum absolute atomic E-state index is 0.110. The fourth-order valence-electron chi connectivity index (χ4n) is 2.68. The van der Waals surface area contributed by atoms with E-state index in [1.165, 1.54) is 5.56 Å². The molecular formula is C21H24ClN3OS2. The van der Waals surface area contributed by atoms with Gasteiger partial charge in [0.2, 0.25) is 5.91 Å². The average molecular weight is 434 g/mol. The van der Waals surface area contributed by atoms with Crippen LogP contribution in [0.5, 0.6) is 0 Å². The largest absolute Gasteiger partial charge is 0.308 e. The van der Waals surface area contributed by atoms with E-state index in [1.807, 2.05) is 49.3 Å². The van der Waals surface area contributed by atoms with E-state index in [1.54, 1.807) is 23.1 Å². The summed E-state index contributed by atoms with van der Waals surface area (Å²) in [5.74, 6) is 0.835. The van der Waals surface area contributed by atoms with Crippen LogP contribution in [-0.4, -0.2) is 48.7 Å². The highest BCUT2D eigenvalue weighted by Crippen LogP contribution is 2.30. The van der Waals surface area contributed by atoms with Gasteiger partial charge in [-0.15, -0.1) is 11.8 Å². The van der Waals surface area contributed by atoms with Gasteiger partial charge in [0, 0.05) is 35.2 Å². The van der Waals surface area contributed by atoms with E-state index >= 15 is 0 Å². The summed E-state index contributed by atoms with van der Waals surface area (Å²) in [7, 11) is 4.03. The summed E-state index contributed by atoms with van der Waals surface area (Å²) in [4.78, 5) is 22.7. The smallest absolute Gasteiger partial charge is 0.229 e. The predicted molar refractivity (Wildman–Crippen MR) is 122 cm³/mol. The first-order chi connectivity index (χ1) is 13.4. The molecule has 1 heterocycles. The Morgan fingerprint density at radius 2 is 1.89 bits per heavy atom. The van der Waals surface area contributed by atoms with Gasteiger partial charge in [0.25, 0.3) is 0 Å². The molecule has 0 N–H and O–H groups in total. The van der Waals surface area contributed by atoms with Gasteiger partial charge in [-0.1, -0.05) is 29.0 Å². The standard InChI is InChI=1S/C21H24ClN3OS2/c1-15-4-9-18-19(14-15)28-21(23-18)25(12-11-24(2)3)20(26)10-13-27-17-7-5-16(22)6-8-17/h4-9,14H,10-13H2,1-3H3. The van der Waals surface area contributed by atoms with Crippen molar-refractivity contribution in [1.29, 1.82) is 0 Å². The highest BCUT2D eigenvalue weighted by Gasteiger charge is 2.19. The second-order valence-corrected chi connectivity index (χ2v) is 9.48. The quantitative estimate of drug-likeness (QED) is 0.449. The molecule has 148 valence electrons. The molecule has 3 aromatic rings. The van der Waals surface area contributed by atoms with E-state index in [2.05, 4.69) is 24.0 Å². The van der Waals surface area contributed by atoms with E-state index in [4.69, 9.17) is 16.6 Å². The van der Waals surface area contributed by atoms with E-state index in [9.17, 15) is 4.79 Å². The zero-order valence-corrected chi connectivity index (χ0v) is 18.7. The normalized spacial score (nSPS) is 11.3. The first-order valence-corrected chi connectivity index (χ1v) is 11.3. The van der Waals surface area contributed by atoms with E-state index in [-0.39, 0.29) is 5.91 Å². The van der Waals surface area contributed by atoms with Crippen LogP contribution >= 0.6 is 34.7 Å². The average Bonchev–Trinajstić information content (AvgIpc) is 3.06. The number of thioether (sulfide) groups is 1. The second-order valence-electron chi connectivity index (χ2n) is 6.87. The third kappa shape index (κ3) is 5.70. The van der Waals surface area contributed by atoms with Crippen LogP contribution in [0.25, 0.3) is 10.2 Å². The molecule has 0 saturated heterocycles. The first kappa shape index (κ1) is 21.1. The third-order valence-corrected chi connectivity index (χ3v) is 6.54. The number of nitrogens with zero attached hydrogens (tertiary/aromatic N) is 3. The number of aromatic nitrogens is 1. The SMILES string of the molecule is Cc1ccc2nc(N(CCN(C)C)C(=O)CCSc3ccc(Cl)cc3)sc2c1. The molecule has 4 nitrogen and oxygen atoms in total. The minimum Gasteiger partial charge on any atom is -0.308 e. The number of aryl methyl sites for hydroxylation is 1. The topological polar surface area (TPSA) is 36.4 Å². The molecule has 2 aromatic carbocycles. The van der Waals surface area contributed by atoms with E-state index < -0.39 is 0 Å². The Morgan fingerprint density at radius 1 is 1.14 bits per heavy atom. The number of carbonyl (C=O) groups excluding carboxylic acids is 1. The van der Waals surface area contributed by atoms with Gasteiger partial charge >= 0.3 is 0 Å². The van der Waals surface area contributed by atoms with Gasteiger partial charge in [0.05, 0.1) is 10.2 Å². The summed E-state index contributed by atoms with van der Waals surface area (Å²) in [6, 6.07) is 13.9.